The maximum Gasteiger partial charge on any atom is 0.261 e. The molecule has 0 unspecified atom stereocenters. The van der Waals surface area contributed by atoms with Crippen LogP contribution < -0.4 is 0 Å². The van der Waals surface area contributed by atoms with Crippen molar-refractivity contribution < 1.29 is 38.4 Å². The normalized spacial score (nSPS) is 22.7. The first-order chi connectivity index (χ1) is 24.2. The maximum absolute atomic E-state index is 14.4. The van der Waals surface area contributed by atoms with Crippen LogP contribution in [0.25, 0.3) is 21.5 Å². The van der Waals surface area contributed by atoms with E-state index in [4.69, 9.17) is 0 Å². The molecule has 8 amide bonds. The largest absolute Gasteiger partial charge is 0.274 e. The number of amides is 8. The van der Waals surface area contributed by atoms with Gasteiger partial charge in [-0.3, -0.25) is 58.0 Å². The molecule has 19 aliphatic rings. The van der Waals surface area contributed by atoms with Crippen LogP contribution in [0.4, 0.5) is 0 Å². The van der Waals surface area contributed by atoms with Crippen LogP contribution in [0.1, 0.15) is 121 Å². The third-order valence-corrected chi connectivity index (χ3v) is 11.4. The van der Waals surface area contributed by atoms with Crippen molar-refractivity contribution in [1.29, 1.82) is 0 Å². The zero-order valence-electron chi connectivity index (χ0n) is 26.5. The van der Waals surface area contributed by atoms with Crippen LogP contribution in [0.3, 0.4) is 0 Å². The summed E-state index contributed by atoms with van der Waals surface area (Å²) in [5.41, 5.74) is 1.46. The molecule has 18 aliphatic heterocycles. The van der Waals surface area contributed by atoms with E-state index in [0.717, 1.165) is 19.6 Å². The topological polar surface area (TPSA) is 150 Å². The number of hydrogen-bond donors (Lipinski definition) is 0. The fourth-order valence-electron chi connectivity index (χ4n) is 9.13. The molecule has 12 heteroatoms. The summed E-state index contributed by atoms with van der Waals surface area (Å²) in [6, 6.07) is 10.3. The number of nitrogens with zero attached hydrogens (tertiary/aromatic N) is 4. The first-order valence-electron chi connectivity index (χ1n) is 16.9. The van der Waals surface area contributed by atoms with Crippen LogP contribution in [0.5, 0.6) is 0 Å². The predicted molar refractivity (Wildman–Crippen MR) is 175 cm³/mol. The van der Waals surface area contributed by atoms with Crippen molar-refractivity contribution in [2.75, 3.05) is 13.1 Å². The van der Waals surface area contributed by atoms with E-state index in [1.807, 2.05) is 0 Å². The van der Waals surface area contributed by atoms with E-state index in [-0.39, 0.29) is 92.0 Å². The highest BCUT2D eigenvalue weighted by atomic mass is 16.2. The number of carbonyl (C=O) groups excluding carboxylic acids is 8. The van der Waals surface area contributed by atoms with Crippen molar-refractivity contribution in [3.63, 3.8) is 0 Å². The van der Waals surface area contributed by atoms with E-state index in [0.29, 0.717) is 25.7 Å². The minimum absolute atomic E-state index is 0.0205. The molecule has 0 radical (unpaired) electrons. The van der Waals surface area contributed by atoms with Crippen LogP contribution in [-0.4, -0.2) is 92.0 Å². The Labute approximate surface area is 283 Å². The number of hydrogen-bond acceptors (Lipinski definition) is 8. The van der Waals surface area contributed by atoms with Gasteiger partial charge in [-0.05, 0) is 74.2 Å². The molecule has 1 fully saturated rings. The summed E-state index contributed by atoms with van der Waals surface area (Å²) in [5.74, 6) is -4.72. The SMILES string of the molecule is O=C1c2ccc3c4c5ccc(c24)C(=O)N1CCCCN1C(=O)c2ccc4c6c(ccc(c26)C1=O)C(=O)N(C4=O)[C@H]1CCCC[C@@H]1N(C3=O)C5=O. The summed E-state index contributed by atoms with van der Waals surface area (Å²) < 4.78 is 0. The van der Waals surface area contributed by atoms with Gasteiger partial charge in [-0.2, -0.15) is 0 Å². The lowest BCUT2D eigenvalue weighted by atomic mass is 9.81. The van der Waals surface area contributed by atoms with E-state index in [2.05, 4.69) is 0 Å². The third-order valence-electron chi connectivity index (χ3n) is 11.4. The molecule has 50 heavy (non-hydrogen) atoms. The zero-order valence-corrected chi connectivity index (χ0v) is 26.5. The van der Waals surface area contributed by atoms with Gasteiger partial charge in [0.25, 0.3) is 47.3 Å². The Balaban J connectivity index is 1.19. The molecule has 0 spiro atoms. The summed E-state index contributed by atoms with van der Waals surface area (Å²) in [6.07, 6.45) is 2.56. The minimum atomic E-state index is -0.852. The lowest BCUT2D eigenvalue weighted by Crippen LogP contribution is -2.61. The molecule has 1 aliphatic carbocycles. The van der Waals surface area contributed by atoms with Crippen LogP contribution >= 0.6 is 0 Å². The zero-order chi connectivity index (χ0) is 34.3. The van der Waals surface area contributed by atoms with Gasteiger partial charge in [0.1, 0.15) is 0 Å². The molecule has 0 aromatic heterocycles. The Hall–Kier alpha value is -6.04. The van der Waals surface area contributed by atoms with Gasteiger partial charge in [0.2, 0.25) is 0 Å². The Morgan fingerprint density at radius 1 is 0.340 bits per heavy atom. The van der Waals surface area contributed by atoms with E-state index >= 15 is 0 Å². The molecule has 23 rings (SSSR count). The lowest BCUT2D eigenvalue weighted by molar-refractivity contribution is 0.0241. The van der Waals surface area contributed by atoms with Gasteiger partial charge >= 0.3 is 0 Å². The Kier molecular flexibility index (Phi) is 5.66. The molecule has 1 saturated carbocycles. The predicted octanol–water partition coefficient (Wildman–Crippen LogP) is 4.18. The third kappa shape index (κ3) is 3.40. The second-order valence-corrected chi connectivity index (χ2v) is 13.8. The van der Waals surface area contributed by atoms with Crippen LogP contribution in [0.15, 0.2) is 48.5 Å². The number of carbonyl (C=O) groups is 8. The summed E-state index contributed by atoms with van der Waals surface area (Å²) in [7, 11) is 0. The standard InChI is InChI=1S/C38H26N4O8/c43-31-17-7-11-21-29-22-12-8-18(27(17)29)32(44)39(31)15-3-4-16-40-33(45)19-9-13-23-30-24(14-10-20(28(19)30)34(40)46)38(50)42(37(23)49)26-6-2-1-5-25(26)41(35(21)47)36(22)48/h7-14,25-26H,1-6,15-16H2/t25-,26-/m0/s1. The molecule has 18 heterocycles. The molecule has 0 saturated heterocycles. The fraction of sp³-hybridized carbons (Fsp3) is 0.263. The number of rotatable bonds is 0. The molecule has 246 valence electrons. The highest BCUT2D eigenvalue weighted by Crippen LogP contribution is 2.43. The molecule has 12 nitrogen and oxygen atoms in total. The summed E-state index contributed by atoms with van der Waals surface area (Å²) >= 11 is 0. The minimum Gasteiger partial charge on any atom is -0.274 e. The fourth-order valence-corrected chi connectivity index (χ4v) is 9.13. The van der Waals surface area contributed by atoms with Crippen molar-refractivity contribution in [1.82, 2.24) is 19.6 Å². The van der Waals surface area contributed by atoms with Gasteiger partial charge in [-0.1, -0.05) is 12.8 Å². The Morgan fingerprint density at radius 2 is 0.580 bits per heavy atom. The van der Waals surface area contributed by atoms with Gasteiger partial charge in [-0.15, -0.1) is 0 Å². The van der Waals surface area contributed by atoms with Crippen molar-refractivity contribution in [2.24, 2.45) is 0 Å². The summed E-state index contributed by atoms with van der Waals surface area (Å²) in [6.45, 7) is 0.0410. The van der Waals surface area contributed by atoms with Gasteiger partial charge in [0.05, 0.1) is 12.1 Å². The smallest absolute Gasteiger partial charge is 0.261 e. The van der Waals surface area contributed by atoms with Gasteiger partial charge < -0.3 is 0 Å². The molecule has 4 aromatic carbocycles. The van der Waals surface area contributed by atoms with E-state index in [9.17, 15) is 38.4 Å². The van der Waals surface area contributed by atoms with Crippen molar-refractivity contribution in [3.8, 4) is 0 Å². The second-order valence-electron chi connectivity index (χ2n) is 13.8. The summed E-state index contributed by atoms with van der Waals surface area (Å²) in [4.78, 5) is 117. The first-order valence-corrected chi connectivity index (χ1v) is 16.9. The van der Waals surface area contributed by atoms with E-state index < -0.39 is 59.3 Å². The van der Waals surface area contributed by atoms with Crippen molar-refractivity contribution in [3.05, 3.63) is 93.0 Å². The average molecular weight is 667 g/mol. The van der Waals surface area contributed by atoms with Crippen LogP contribution in [-0.2, 0) is 0 Å². The highest BCUT2D eigenvalue weighted by Gasteiger charge is 2.49. The number of benzene rings is 4. The second kappa shape index (κ2) is 9.78. The molecule has 4 aromatic rings. The molecular formula is C38H26N4O8. The van der Waals surface area contributed by atoms with Gasteiger partial charge in [0, 0.05) is 79.1 Å². The quantitative estimate of drug-likeness (QED) is 0.254. The van der Waals surface area contributed by atoms with Crippen molar-refractivity contribution >= 4 is 68.8 Å². The van der Waals surface area contributed by atoms with Crippen LogP contribution in [0, 0.1) is 0 Å². The monoisotopic (exact) mass is 666 g/mol. The van der Waals surface area contributed by atoms with E-state index in [1.165, 1.54) is 48.5 Å². The van der Waals surface area contributed by atoms with Gasteiger partial charge in [0.15, 0.2) is 0 Å². The van der Waals surface area contributed by atoms with Gasteiger partial charge in [-0.25, -0.2) is 0 Å². The molecular weight excluding hydrogens is 640 g/mol. The number of imide groups is 4. The molecule has 0 N–H and O–H groups in total. The summed E-state index contributed by atoms with van der Waals surface area (Å²) in [5, 5.41) is 0.996. The Morgan fingerprint density at radius 3 is 0.840 bits per heavy atom. The van der Waals surface area contributed by atoms with Crippen molar-refractivity contribution in [2.45, 2.75) is 50.6 Å². The average Bonchev–Trinajstić information content (AvgIpc) is 3.12. The Bertz CT molecular complexity index is 2140. The first kappa shape index (κ1) is 28.9. The molecule has 16 bridgehead atoms. The highest BCUT2D eigenvalue weighted by molar-refractivity contribution is 6.35. The lowest BCUT2D eigenvalue weighted by Gasteiger charge is -2.45. The maximum atomic E-state index is 14.4. The molecule has 2 atom stereocenters. The van der Waals surface area contributed by atoms with E-state index in [1.54, 1.807) is 0 Å². The van der Waals surface area contributed by atoms with Crippen LogP contribution in [0.2, 0.25) is 0 Å².